The first-order valence-electron chi connectivity index (χ1n) is 10.4. The van der Waals surface area contributed by atoms with Crippen LogP contribution >= 0.6 is 0 Å². The van der Waals surface area contributed by atoms with Crippen molar-refractivity contribution in [1.82, 2.24) is 24.5 Å². The molecule has 2 aromatic heterocycles. The van der Waals surface area contributed by atoms with Crippen LogP contribution in [0.3, 0.4) is 0 Å². The number of rotatable bonds is 6. The number of hydrogen-bond donors (Lipinski definition) is 3. The molecule has 1 aromatic carbocycles. The lowest BCUT2D eigenvalue weighted by Gasteiger charge is -2.29. The number of aromatic nitrogens is 4. The van der Waals surface area contributed by atoms with E-state index in [0.29, 0.717) is 11.8 Å². The van der Waals surface area contributed by atoms with Crippen LogP contribution in [0.15, 0.2) is 36.7 Å². The fraction of sp³-hybridized carbons (Fsp3) is 0.476. The van der Waals surface area contributed by atoms with Crippen molar-refractivity contribution in [2.75, 3.05) is 11.6 Å². The molecule has 3 N–H and O–H groups in total. The summed E-state index contributed by atoms with van der Waals surface area (Å²) < 4.78 is 27.3. The third-order valence-corrected chi connectivity index (χ3v) is 6.33. The van der Waals surface area contributed by atoms with Crippen LogP contribution in [0.2, 0.25) is 0 Å². The lowest BCUT2D eigenvalue weighted by Crippen LogP contribution is -2.39. The van der Waals surface area contributed by atoms with Crippen LogP contribution < -0.4 is 10.0 Å². The van der Waals surface area contributed by atoms with Gasteiger partial charge in [0.15, 0.2) is 5.82 Å². The van der Waals surface area contributed by atoms with Gasteiger partial charge in [0, 0.05) is 29.7 Å². The molecule has 0 spiro atoms. The Labute approximate surface area is 182 Å². The summed E-state index contributed by atoms with van der Waals surface area (Å²) in [5.41, 5.74) is 0.691. The standard InChI is InChI=1S/C21H28N6O3S/c1-21(2,28)17-5-4-6-18-16(17)13-23-27(18)19-11-12-22-20(25-19)24-14-7-9-15(10-8-14)26-31(3,29)30/h4-6,11-15,26,28H,7-10H2,1-3H3,(H,22,24,25). The van der Waals surface area contributed by atoms with Crippen LogP contribution in [-0.2, 0) is 15.6 Å². The van der Waals surface area contributed by atoms with E-state index in [2.05, 4.69) is 25.1 Å². The van der Waals surface area contributed by atoms with Crippen molar-refractivity contribution in [3.05, 3.63) is 42.2 Å². The molecule has 1 fully saturated rings. The Kier molecular flexibility index (Phi) is 5.71. The quantitative estimate of drug-likeness (QED) is 0.533. The van der Waals surface area contributed by atoms with Crippen LogP contribution in [0.5, 0.6) is 0 Å². The molecule has 1 aliphatic rings. The van der Waals surface area contributed by atoms with E-state index in [9.17, 15) is 13.5 Å². The van der Waals surface area contributed by atoms with Crippen LogP contribution in [0.25, 0.3) is 16.7 Å². The molecule has 0 bridgehead atoms. The molecular weight excluding hydrogens is 416 g/mol. The Morgan fingerprint density at radius 2 is 1.84 bits per heavy atom. The van der Waals surface area contributed by atoms with Crippen molar-refractivity contribution in [3.63, 3.8) is 0 Å². The average Bonchev–Trinajstić information content (AvgIpc) is 3.12. The second-order valence-electron chi connectivity index (χ2n) is 8.68. The number of aliphatic hydroxyl groups is 1. The first kappa shape index (κ1) is 21.7. The molecule has 9 nitrogen and oxygen atoms in total. The van der Waals surface area contributed by atoms with Gasteiger partial charge in [0.05, 0.1) is 23.6 Å². The van der Waals surface area contributed by atoms with Crippen LogP contribution in [-0.4, -0.2) is 51.6 Å². The topological polar surface area (TPSA) is 122 Å². The normalized spacial score (nSPS) is 20.1. The summed E-state index contributed by atoms with van der Waals surface area (Å²) in [6.07, 6.45) is 7.84. The molecule has 2 heterocycles. The number of nitrogens with one attached hydrogen (secondary N) is 2. The fourth-order valence-electron chi connectivity index (χ4n) is 4.14. The summed E-state index contributed by atoms with van der Waals surface area (Å²) in [6, 6.07) is 7.71. The average molecular weight is 445 g/mol. The second-order valence-corrected chi connectivity index (χ2v) is 10.5. The van der Waals surface area contributed by atoms with Crippen molar-refractivity contribution >= 4 is 26.9 Å². The van der Waals surface area contributed by atoms with Crippen molar-refractivity contribution in [1.29, 1.82) is 0 Å². The lowest BCUT2D eigenvalue weighted by molar-refractivity contribution is 0.0802. The van der Waals surface area contributed by atoms with Crippen LogP contribution in [0, 0.1) is 0 Å². The highest BCUT2D eigenvalue weighted by atomic mass is 32.2. The zero-order chi connectivity index (χ0) is 22.2. The van der Waals surface area contributed by atoms with E-state index in [1.165, 1.54) is 6.26 Å². The van der Waals surface area contributed by atoms with Crippen molar-refractivity contribution in [2.24, 2.45) is 0 Å². The third-order valence-electron chi connectivity index (χ3n) is 5.57. The van der Waals surface area contributed by atoms with E-state index in [1.54, 1.807) is 37.0 Å². The first-order chi connectivity index (χ1) is 14.6. The number of benzene rings is 1. The molecule has 1 saturated carbocycles. The molecule has 166 valence electrons. The number of anilines is 1. The molecular formula is C21H28N6O3S. The Morgan fingerprint density at radius 1 is 1.13 bits per heavy atom. The van der Waals surface area contributed by atoms with Gasteiger partial charge in [-0.1, -0.05) is 12.1 Å². The maximum Gasteiger partial charge on any atom is 0.224 e. The molecule has 3 aromatic rings. The van der Waals surface area contributed by atoms with Crippen LogP contribution in [0.4, 0.5) is 5.95 Å². The number of nitrogens with zero attached hydrogens (tertiary/aromatic N) is 4. The summed E-state index contributed by atoms with van der Waals surface area (Å²) >= 11 is 0. The van der Waals surface area contributed by atoms with E-state index in [1.807, 2.05) is 18.2 Å². The molecule has 0 unspecified atom stereocenters. The van der Waals surface area contributed by atoms with E-state index >= 15 is 0 Å². The van der Waals surface area contributed by atoms with Gasteiger partial charge in [0.2, 0.25) is 16.0 Å². The molecule has 1 aliphatic carbocycles. The predicted octanol–water partition coefficient (Wildman–Crippen LogP) is 2.32. The fourth-order valence-corrected chi connectivity index (χ4v) is 4.99. The molecule has 31 heavy (non-hydrogen) atoms. The smallest absolute Gasteiger partial charge is 0.224 e. The summed E-state index contributed by atoms with van der Waals surface area (Å²) in [6.45, 7) is 3.51. The highest BCUT2D eigenvalue weighted by Gasteiger charge is 2.24. The van der Waals surface area contributed by atoms with Gasteiger partial charge in [-0.25, -0.2) is 22.8 Å². The molecule has 0 amide bonds. The molecule has 0 saturated heterocycles. The van der Waals surface area contributed by atoms with Crippen molar-refractivity contribution in [2.45, 2.75) is 57.2 Å². The lowest BCUT2D eigenvalue weighted by atomic mass is 9.92. The SMILES string of the molecule is CC(C)(O)c1cccc2c1cnn2-c1ccnc(NC2CCC(NS(C)(=O)=O)CC2)n1. The molecule has 4 rings (SSSR count). The Balaban J connectivity index is 1.51. The zero-order valence-corrected chi connectivity index (χ0v) is 18.7. The largest absolute Gasteiger partial charge is 0.386 e. The van der Waals surface area contributed by atoms with Gasteiger partial charge in [-0.15, -0.1) is 0 Å². The molecule has 0 aliphatic heterocycles. The number of fused-ring (bicyclic) bond motifs is 1. The van der Waals surface area contributed by atoms with Crippen molar-refractivity contribution in [3.8, 4) is 5.82 Å². The van der Waals surface area contributed by atoms with E-state index in [4.69, 9.17) is 0 Å². The van der Waals surface area contributed by atoms with Gasteiger partial charge in [-0.3, -0.25) is 0 Å². The molecule has 0 radical (unpaired) electrons. The number of hydrogen-bond acceptors (Lipinski definition) is 7. The monoisotopic (exact) mass is 444 g/mol. The van der Waals surface area contributed by atoms with Gasteiger partial charge >= 0.3 is 0 Å². The van der Waals surface area contributed by atoms with Gasteiger partial charge in [-0.05, 0) is 51.2 Å². The summed E-state index contributed by atoms with van der Waals surface area (Å²) in [5.74, 6) is 1.15. The summed E-state index contributed by atoms with van der Waals surface area (Å²) in [5, 5.41) is 19.2. The van der Waals surface area contributed by atoms with Gasteiger partial charge in [0.1, 0.15) is 0 Å². The maximum atomic E-state index is 11.4. The van der Waals surface area contributed by atoms with Crippen molar-refractivity contribution < 1.29 is 13.5 Å². The second kappa shape index (κ2) is 8.18. The van der Waals surface area contributed by atoms with Gasteiger partial charge < -0.3 is 10.4 Å². The Bertz CT molecular complexity index is 1180. The first-order valence-corrected chi connectivity index (χ1v) is 12.3. The van der Waals surface area contributed by atoms with Crippen LogP contribution in [0.1, 0.15) is 45.1 Å². The highest BCUT2D eigenvalue weighted by molar-refractivity contribution is 7.88. The van der Waals surface area contributed by atoms with E-state index in [0.717, 1.165) is 42.1 Å². The summed E-state index contributed by atoms with van der Waals surface area (Å²) in [7, 11) is -3.18. The Morgan fingerprint density at radius 3 is 2.52 bits per heavy atom. The van der Waals surface area contributed by atoms with Gasteiger partial charge in [-0.2, -0.15) is 10.1 Å². The summed E-state index contributed by atoms with van der Waals surface area (Å²) in [4.78, 5) is 8.98. The molecule has 0 atom stereocenters. The molecule has 10 heteroatoms. The minimum Gasteiger partial charge on any atom is -0.386 e. The minimum atomic E-state index is -3.18. The maximum absolute atomic E-state index is 11.4. The third kappa shape index (κ3) is 5.03. The highest BCUT2D eigenvalue weighted by Crippen LogP contribution is 2.29. The van der Waals surface area contributed by atoms with Gasteiger partial charge in [0.25, 0.3) is 0 Å². The predicted molar refractivity (Wildman–Crippen MR) is 120 cm³/mol. The van der Waals surface area contributed by atoms with E-state index < -0.39 is 15.6 Å². The zero-order valence-electron chi connectivity index (χ0n) is 17.9. The number of sulfonamides is 1. The minimum absolute atomic E-state index is 0.0132. The van der Waals surface area contributed by atoms with E-state index in [-0.39, 0.29) is 12.1 Å². The Hall–Kier alpha value is -2.56.